The van der Waals surface area contributed by atoms with E-state index in [4.69, 9.17) is 5.11 Å². The lowest BCUT2D eigenvalue weighted by Crippen LogP contribution is -2.28. The number of carboxylic acids is 1. The molecule has 0 aliphatic carbocycles. The van der Waals surface area contributed by atoms with Crippen LogP contribution in [0, 0.1) is 0 Å². The van der Waals surface area contributed by atoms with Crippen molar-refractivity contribution in [1.29, 1.82) is 0 Å². The van der Waals surface area contributed by atoms with Gasteiger partial charge >= 0.3 is 12.1 Å². The second-order valence-electron chi connectivity index (χ2n) is 4.10. The van der Waals surface area contributed by atoms with Crippen LogP contribution in [0.2, 0.25) is 0 Å². The predicted octanol–water partition coefficient (Wildman–Crippen LogP) is 1.27. The molecule has 0 aliphatic rings. The van der Waals surface area contributed by atoms with Gasteiger partial charge in [0.15, 0.2) is 5.69 Å². The molecule has 0 spiro atoms. The molecule has 1 aromatic rings. The van der Waals surface area contributed by atoms with Crippen LogP contribution in [0.1, 0.15) is 25.0 Å². The Hall–Kier alpha value is -2.06. The van der Waals surface area contributed by atoms with Crippen molar-refractivity contribution < 1.29 is 27.9 Å². The molecule has 9 heteroatoms. The van der Waals surface area contributed by atoms with E-state index in [1.807, 2.05) is 0 Å². The zero-order chi connectivity index (χ0) is 15.2. The highest BCUT2D eigenvalue weighted by Crippen LogP contribution is 2.27. The van der Waals surface area contributed by atoms with E-state index in [1.165, 1.54) is 0 Å². The van der Waals surface area contributed by atoms with Gasteiger partial charge in [0.2, 0.25) is 5.91 Å². The molecular weight excluding hydrogens is 279 g/mol. The van der Waals surface area contributed by atoms with E-state index in [1.54, 1.807) is 0 Å². The number of nitrogens with one attached hydrogen (secondary N) is 1. The average molecular weight is 293 g/mol. The van der Waals surface area contributed by atoms with Crippen LogP contribution in [0.3, 0.4) is 0 Å². The summed E-state index contributed by atoms with van der Waals surface area (Å²) in [5.74, 6) is -1.38. The topological polar surface area (TPSA) is 84.2 Å². The fraction of sp³-hybridized carbons (Fsp3) is 0.545. The van der Waals surface area contributed by atoms with E-state index >= 15 is 0 Å². The van der Waals surface area contributed by atoms with Gasteiger partial charge in [-0.15, -0.1) is 0 Å². The summed E-state index contributed by atoms with van der Waals surface area (Å²) in [4.78, 5) is 21.6. The SMILES string of the molecule is O=C(O)CCCCNC(=O)Cn1ccc(C(F)(F)F)n1. The van der Waals surface area contributed by atoms with Crippen LogP contribution in [0.4, 0.5) is 13.2 Å². The van der Waals surface area contributed by atoms with Crippen molar-refractivity contribution in [2.75, 3.05) is 6.54 Å². The largest absolute Gasteiger partial charge is 0.481 e. The number of unbranched alkanes of at least 4 members (excludes halogenated alkanes) is 1. The standard InChI is InChI=1S/C11H14F3N3O3/c12-11(13,14)8-4-6-17(16-8)7-9(18)15-5-2-1-3-10(19)20/h4,6H,1-3,5,7H2,(H,15,18)(H,19,20). The van der Waals surface area contributed by atoms with Crippen molar-refractivity contribution >= 4 is 11.9 Å². The number of amides is 1. The molecule has 0 unspecified atom stereocenters. The fourth-order valence-electron chi connectivity index (χ4n) is 1.43. The number of nitrogens with zero attached hydrogens (tertiary/aromatic N) is 2. The summed E-state index contributed by atoms with van der Waals surface area (Å²) in [6, 6.07) is 0.792. The number of rotatable bonds is 7. The smallest absolute Gasteiger partial charge is 0.435 e. The molecule has 2 N–H and O–H groups in total. The molecule has 0 saturated carbocycles. The van der Waals surface area contributed by atoms with Crippen molar-refractivity contribution in [2.45, 2.75) is 32.0 Å². The van der Waals surface area contributed by atoms with Crippen LogP contribution in [0.15, 0.2) is 12.3 Å². The van der Waals surface area contributed by atoms with Gasteiger partial charge in [-0.3, -0.25) is 14.3 Å². The number of alkyl halides is 3. The van der Waals surface area contributed by atoms with Gasteiger partial charge in [0, 0.05) is 19.2 Å². The number of halogens is 3. The second-order valence-corrected chi connectivity index (χ2v) is 4.10. The van der Waals surface area contributed by atoms with Crippen LogP contribution in [0.5, 0.6) is 0 Å². The number of aliphatic carboxylic acids is 1. The van der Waals surface area contributed by atoms with Gasteiger partial charge in [-0.25, -0.2) is 0 Å². The van der Waals surface area contributed by atoms with Gasteiger partial charge < -0.3 is 10.4 Å². The van der Waals surface area contributed by atoms with Gasteiger partial charge in [0.05, 0.1) is 0 Å². The van der Waals surface area contributed by atoms with Gasteiger partial charge in [-0.05, 0) is 18.9 Å². The molecule has 1 amide bonds. The molecule has 0 aliphatic heterocycles. The van der Waals surface area contributed by atoms with Crippen LogP contribution < -0.4 is 5.32 Å². The first-order valence-electron chi connectivity index (χ1n) is 5.88. The lowest BCUT2D eigenvalue weighted by molar-refractivity contribution is -0.142. The molecule has 112 valence electrons. The highest BCUT2D eigenvalue weighted by Gasteiger charge is 2.33. The van der Waals surface area contributed by atoms with Crippen LogP contribution in [-0.2, 0) is 22.3 Å². The van der Waals surface area contributed by atoms with Gasteiger partial charge in [0.1, 0.15) is 6.54 Å². The van der Waals surface area contributed by atoms with Crippen LogP contribution in [0.25, 0.3) is 0 Å². The third-order valence-corrected chi connectivity index (χ3v) is 2.38. The van der Waals surface area contributed by atoms with Crippen LogP contribution >= 0.6 is 0 Å². The lowest BCUT2D eigenvalue weighted by Gasteiger charge is -2.05. The van der Waals surface area contributed by atoms with Gasteiger partial charge in [-0.2, -0.15) is 18.3 Å². The Morgan fingerprint density at radius 3 is 2.60 bits per heavy atom. The molecule has 0 aromatic carbocycles. The van der Waals surface area contributed by atoms with Crippen molar-refractivity contribution in [3.63, 3.8) is 0 Å². The van der Waals surface area contributed by atoms with Crippen LogP contribution in [-0.4, -0.2) is 33.3 Å². The number of carbonyl (C=O) groups excluding carboxylic acids is 1. The third-order valence-electron chi connectivity index (χ3n) is 2.38. The number of hydrogen-bond acceptors (Lipinski definition) is 3. The van der Waals surface area contributed by atoms with Crippen molar-refractivity contribution in [3.05, 3.63) is 18.0 Å². The molecule has 0 fully saturated rings. The molecule has 0 radical (unpaired) electrons. The molecule has 1 rings (SSSR count). The molecule has 0 bridgehead atoms. The Labute approximate surface area is 112 Å². The number of aromatic nitrogens is 2. The molecule has 0 saturated heterocycles. The first kappa shape index (κ1) is 16.0. The Bertz CT molecular complexity index is 471. The van der Waals surface area contributed by atoms with E-state index in [2.05, 4.69) is 10.4 Å². The zero-order valence-corrected chi connectivity index (χ0v) is 10.5. The first-order valence-corrected chi connectivity index (χ1v) is 5.88. The lowest BCUT2D eigenvalue weighted by atomic mass is 10.2. The van der Waals surface area contributed by atoms with Gasteiger partial charge in [-0.1, -0.05) is 0 Å². The molecule has 0 atom stereocenters. The maximum atomic E-state index is 12.3. The highest BCUT2D eigenvalue weighted by atomic mass is 19.4. The summed E-state index contributed by atoms with van der Waals surface area (Å²) in [7, 11) is 0. The molecule has 6 nitrogen and oxygen atoms in total. The minimum atomic E-state index is -4.53. The minimum Gasteiger partial charge on any atom is -0.481 e. The zero-order valence-electron chi connectivity index (χ0n) is 10.5. The summed E-state index contributed by atoms with van der Waals surface area (Å²) < 4.78 is 37.7. The summed E-state index contributed by atoms with van der Waals surface area (Å²) in [5.41, 5.74) is -1.05. The summed E-state index contributed by atoms with van der Waals surface area (Å²) in [6.45, 7) is -0.0332. The average Bonchev–Trinajstić information content (AvgIpc) is 2.76. The number of carbonyl (C=O) groups is 2. The van der Waals surface area contributed by atoms with E-state index in [-0.39, 0.29) is 19.5 Å². The Balaban J connectivity index is 2.29. The van der Waals surface area contributed by atoms with E-state index in [0.29, 0.717) is 12.8 Å². The fourth-order valence-corrected chi connectivity index (χ4v) is 1.43. The molecular formula is C11H14F3N3O3. The highest BCUT2D eigenvalue weighted by molar-refractivity contribution is 5.75. The molecule has 20 heavy (non-hydrogen) atoms. The van der Waals surface area contributed by atoms with E-state index < -0.39 is 23.7 Å². The monoisotopic (exact) mass is 293 g/mol. The normalized spacial score (nSPS) is 11.3. The Morgan fingerprint density at radius 1 is 1.35 bits per heavy atom. The Morgan fingerprint density at radius 2 is 2.05 bits per heavy atom. The van der Waals surface area contributed by atoms with Crippen molar-refractivity contribution in [1.82, 2.24) is 15.1 Å². The molecule has 1 heterocycles. The van der Waals surface area contributed by atoms with Gasteiger partial charge in [0.25, 0.3) is 0 Å². The predicted molar refractivity (Wildman–Crippen MR) is 61.7 cm³/mol. The van der Waals surface area contributed by atoms with Crippen molar-refractivity contribution in [3.8, 4) is 0 Å². The summed E-state index contributed by atoms with van der Waals surface area (Å²) >= 11 is 0. The first-order chi connectivity index (χ1) is 9.29. The van der Waals surface area contributed by atoms with E-state index in [0.717, 1.165) is 16.9 Å². The third kappa shape index (κ3) is 5.72. The summed E-state index contributed by atoms with van der Waals surface area (Å²) in [5, 5.41) is 14.1. The quantitative estimate of drug-likeness (QED) is 0.742. The maximum Gasteiger partial charge on any atom is 0.435 e. The Kier molecular flexibility index (Phi) is 5.53. The molecule has 1 aromatic heterocycles. The number of hydrogen-bond donors (Lipinski definition) is 2. The second kappa shape index (κ2) is 6.92. The van der Waals surface area contributed by atoms with Crippen molar-refractivity contribution in [2.24, 2.45) is 0 Å². The number of carboxylic acid groups (broad SMARTS) is 1. The van der Waals surface area contributed by atoms with E-state index in [9.17, 15) is 22.8 Å². The summed E-state index contributed by atoms with van der Waals surface area (Å²) in [6.07, 6.45) is -2.52. The maximum absolute atomic E-state index is 12.3. The minimum absolute atomic E-state index is 0.0178.